The van der Waals surface area contributed by atoms with Gasteiger partial charge in [0.15, 0.2) is 5.69 Å². The van der Waals surface area contributed by atoms with Gasteiger partial charge in [-0.05, 0) is 43.9 Å². The van der Waals surface area contributed by atoms with Gasteiger partial charge in [-0.25, -0.2) is 4.79 Å². The number of hydrogen-bond donors (Lipinski definition) is 2. The lowest BCUT2D eigenvalue weighted by Gasteiger charge is -2.09. The largest absolute Gasteiger partial charge is 0.465 e. The lowest BCUT2D eigenvalue weighted by atomic mass is 9.96. The molecule has 1 aliphatic rings. The van der Waals surface area contributed by atoms with E-state index in [1.807, 2.05) is 0 Å². The van der Waals surface area contributed by atoms with E-state index >= 15 is 0 Å². The number of aromatic amines is 1. The lowest BCUT2D eigenvalue weighted by Crippen LogP contribution is -2.01. The number of carbonyl (C=O) groups excluding carboxylic acids is 1. The van der Waals surface area contributed by atoms with Crippen LogP contribution in [0.15, 0.2) is 28.7 Å². The molecule has 0 amide bonds. The number of hydrogen-bond acceptors (Lipinski definition) is 7. The van der Waals surface area contributed by atoms with Crippen LogP contribution in [0, 0.1) is 0 Å². The van der Waals surface area contributed by atoms with Gasteiger partial charge in [0, 0.05) is 16.9 Å². The first-order valence-corrected chi connectivity index (χ1v) is 8.10. The van der Waals surface area contributed by atoms with Crippen LogP contribution in [0.2, 0.25) is 0 Å². The standard InChI is InChI=1S/C17H17N5O3/c1-24-16(23)10-5-4-6-11(9-10)18-17-22-21-15(25-17)14-12-7-2-3-8-13(12)19-20-14/h4-6,9H,2-3,7-8H2,1H3,(H,18,22)(H,19,20). The minimum Gasteiger partial charge on any atom is -0.465 e. The summed E-state index contributed by atoms with van der Waals surface area (Å²) in [7, 11) is 1.34. The predicted molar refractivity (Wildman–Crippen MR) is 89.6 cm³/mol. The van der Waals surface area contributed by atoms with Crippen molar-refractivity contribution in [2.24, 2.45) is 0 Å². The van der Waals surface area contributed by atoms with Gasteiger partial charge in [0.25, 0.3) is 5.89 Å². The van der Waals surface area contributed by atoms with Gasteiger partial charge in [0.05, 0.1) is 12.7 Å². The summed E-state index contributed by atoms with van der Waals surface area (Å²) in [5.74, 6) is -0.0240. The van der Waals surface area contributed by atoms with Crippen LogP contribution in [0.4, 0.5) is 11.7 Å². The van der Waals surface area contributed by atoms with Crippen molar-refractivity contribution in [2.45, 2.75) is 25.7 Å². The highest BCUT2D eigenvalue weighted by atomic mass is 16.5. The summed E-state index contributed by atoms with van der Waals surface area (Å²) in [6.07, 6.45) is 4.27. The molecule has 8 nitrogen and oxygen atoms in total. The number of aromatic nitrogens is 4. The molecule has 0 saturated heterocycles. The zero-order valence-corrected chi connectivity index (χ0v) is 13.7. The van der Waals surface area contributed by atoms with E-state index in [9.17, 15) is 4.79 Å². The van der Waals surface area contributed by atoms with Gasteiger partial charge in [-0.2, -0.15) is 5.10 Å². The van der Waals surface area contributed by atoms with E-state index in [4.69, 9.17) is 9.15 Å². The molecule has 0 bridgehead atoms. The first-order valence-electron chi connectivity index (χ1n) is 8.10. The molecule has 2 N–H and O–H groups in total. The Morgan fingerprint density at radius 2 is 2.16 bits per heavy atom. The van der Waals surface area contributed by atoms with E-state index in [-0.39, 0.29) is 6.01 Å². The molecular weight excluding hydrogens is 322 g/mol. The molecule has 3 aromatic rings. The van der Waals surface area contributed by atoms with Gasteiger partial charge in [0.2, 0.25) is 0 Å². The Morgan fingerprint density at radius 1 is 1.28 bits per heavy atom. The Balaban J connectivity index is 1.56. The fourth-order valence-electron chi connectivity index (χ4n) is 2.99. The highest BCUT2D eigenvalue weighted by Gasteiger charge is 2.22. The minimum atomic E-state index is -0.405. The SMILES string of the molecule is COC(=O)c1cccc(Nc2nnc(-c3n[nH]c4c3CCCC4)o2)c1. The van der Waals surface area contributed by atoms with Crippen LogP contribution in [0.3, 0.4) is 0 Å². The fourth-order valence-corrected chi connectivity index (χ4v) is 2.99. The van der Waals surface area contributed by atoms with E-state index in [1.165, 1.54) is 13.5 Å². The summed E-state index contributed by atoms with van der Waals surface area (Å²) in [5.41, 5.74) is 4.13. The van der Waals surface area contributed by atoms with Crippen molar-refractivity contribution in [2.75, 3.05) is 12.4 Å². The molecule has 1 aliphatic carbocycles. The van der Waals surface area contributed by atoms with Crippen LogP contribution < -0.4 is 5.32 Å². The Bertz CT molecular complexity index is 915. The smallest absolute Gasteiger partial charge is 0.337 e. The number of nitrogens with zero attached hydrogens (tertiary/aromatic N) is 3. The molecule has 4 rings (SSSR count). The quantitative estimate of drug-likeness (QED) is 0.704. The molecule has 0 unspecified atom stereocenters. The van der Waals surface area contributed by atoms with Gasteiger partial charge < -0.3 is 14.5 Å². The highest BCUT2D eigenvalue weighted by Crippen LogP contribution is 2.29. The van der Waals surface area contributed by atoms with E-state index in [1.54, 1.807) is 24.3 Å². The molecule has 0 aliphatic heterocycles. The average molecular weight is 339 g/mol. The maximum atomic E-state index is 11.6. The second-order valence-corrected chi connectivity index (χ2v) is 5.85. The third-order valence-electron chi connectivity index (χ3n) is 4.22. The van der Waals surface area contributed by atoms with Crippen molar-refractivity contribution in [1.29, 1.82) is 0 Å². The van der Waals surface area contributed by atoms with E-state index in [0.29, 0.717) is 17.1 Å². The van der Waals surface area contributed by atoms with E-state index < -0.39 is 5.97 Å². The van der Waals surface area contributed by atoms with Crippen LogP contribution in [0.1, 0.15) is 34.5 Å². The van der Waals surface area contributed by atoms with E-state index in [2.05, 4.69) is 25.7 Å². The first-order chi connectivity index (χ1) is 12.2. The van der Waals surface area contributed by atoms with Crippen molar-refractivity contribution in [3.8, 4) is 11.6 Å². The van der Waals surface area contributed by atoms with Crippen LogP contribution >= 0.6 is 0 Å². The predicted octanol–water partition coefficient (Wildman–Crippen LogP) is 2.87. The molecule has 0 atom stereocenters. The summed E-state index contributed by atoms with van der Waals surface area (Å²) in [5, 5.41) is 18.5. The second kappa shape index (κ2) is 6.39. The number of benzene rings is 1. The zero-order valence-electron chi connectivity index (χ0n) is 13.7. The van der Waals surface area contributed by atoms with Gasteiger partial charge >= 0.3 is 12.0 Å². The summed E-state index contributed by atoms with van der Waals surface area (Å²) in [4.78, 5) is 11.6. The number of esters is 1. The topological polar surface area (TPSA) is 106 Å². The maximum absolute atomic E-state index is 11.6. The Morgan fingerprint density at radius 3 is 3.04 bits per heavy atom. The van der Waals surface area contributed by atoms with Crippen molar-refractivity contribution < 1.29 is 13.9 Å². The molecule has 2 aromatic heterocycles. The summed E-state index contributed by atoms with van der Waals surface area (Å²) >= 11 is 0. The van der Waals surface area contributed by atoms with Crippen molar-refractivity contribution in [1.82, 2.24) is 20.4 Å². The third kappa shape index (κ3) is 2.98. The number of nitrogens with one attached hydrogen (secondary N) is 2. The molecule has 2 heterocycles. The second-order valence-electron chi connectivity index (χ2n) is 5.85. The molecule has 8 heteroatoms. The summed E-state index contributed by atoms with van der Waals surface area (Å²) in [6, 6.07) is 7.12. The van der Waals surface area contributed by atoms with Gasteiger partial charge in [-0.1, -0.05) is 11.2 Å². The number of rotatable bonds is 4. The first kappa shape index (κ1) is 15.4. The Kier molecular flexibility index (Phi) is 3.93. The average Bonchev–Trinajstić information content (AvgIpc) is 3.28. The number of methoxy groups -OCH3 is 1. The summed E-state index contributed by atoms with van der Waals surface area (Å²) < 4.78 is 10.4. The number of aryl methyl sites for hydroxylation is 1. The van der Waals surface area contributed by atoms with Crippen LogP contribution in [0.25, 0.3) is 11.6 Å². The van der Waals surface area contributed by atoms with Gasteiger partial charge in [-0.3, -0.25) is 5.10 Å². The fraction of sp³-hybridized carbons (Fsp3) is 0.294. The molecule has 0 spiro atoms. The summed E-state index contributed by atoms with van der Waals surface area (Å²) in [6.45, 7) is 0. The normalized spacial score (nSPS) is 13.3. The molecule has 1 aromatic carbocycles. The molecule has 0 fully saturated rings. The van der Waals surface area contributed by atoms with Crippen molar-refractivity contribution in [3.63, 3.8) is 0 Å². The molecular formula is C17H17N5O3. The monoisotopic (exact) mass is 339 g/mol. The van der Waals surface area contributed by atoms with E-state index in [0.717, 1.165) is 36.2 Å². The molecule has 128 valence electrons. The van der Waals surface area contributed by atoms with Crippen LogP contribution in [-0.4, -0.2) is 33.5 Å². The van der Waals surface area contributed by atoms with Crippen LogP contribution in [-0.2, 0) is 17.6 Å². The van der Waals surface area contributed by atoms with Gasteiger partial charge in [-0.15, -0.1) is 5.10 Å². The highest BCUT2D eigenvalue weighted by molar-refractivity contribution is 5.90. The van der Waals surface area contributed by atoms with Crippen LogP contribution in [0.5, 0.6) is 0 Å². The zero-order chi connectivity index (χ0) is 17.2. The number of anilines is 2. The molecule has 0 radical (unpaired) electrons. The number of H-pyrrole nitrogens is 1. The molecule has 0 saturated carbocycles. The lowest BCUT2D eigenvalue weighted by molar-refractivity contribution is 0.0601. The van der Waals surface area contributed by atoms with Crippen molar-refractivity contribution >= 4 is 17.7 Å². The molecule has 25 heavy (non-hydrogen) atoms. The van der Waals surface area contributed by atoms with Gasteiger partial charge in [0.1, 0.15) is 0 Å². The number of ether oxygens (including phenoxy) is 1. The minimum absolute atomic E-state index is 0.240. The number of fused-ring (bicyclic) bond motifs is 1. The third-order valence-corrected chi connectivity index (χ3v) is 4.22. The number of carbonyl (C=O) groups is 1. The Hall–Kier alpha value is -3.16. The van der Waals surface area contributed by atoms with Crippen molar-refractivity contribution in [3.05, 3.63) is 41.1 Å². The Labute approximate surface area is 143 Å². The maximum Gasteiger partial charge on any atom is 0.337 e.